The van der Waals surface area contributed by atoms with E-state index >= 15 is 0 Å². The summed E-state index contributed by atoms with van der Waals surface area (Å²) in [5.41, 5.74) is 3.88. The van der Waals surface area contributed by atoms with Crippen molar-refractivity contribution in [2.24, 2.45) is 0 Å². The highest BCUT2D eigenvalue weighted by Gasteiger charge is 2.06. The topological polar surface area (TPSA) is 21.3 Å². The summed E-state index contributed by atoms with van der Waals surface area (Å²) in [6.07, 6.45) is 3.35. The lowest BCUT2D eigenvalue weighted by Gasteiger charge is -2.15. The van der Waals surface area contributed by atoms with Gasteiger partial charge in [0.15, 0.2) is 0 Å². The van der Waals surface area contributed by atoms with Crippen molar-refractivity contribution in [1.82, 2.24) is 5.32 Å². The maximum Gasteiger partial charge on any atom is 0.120 e. The molecule has 0 aromatic heterocycles. The second-order valence-corrected chi connectivity index (χ2v) is 4.99. The van der Waals surface area contributed by atoms with Gasteiger partial charge in [0.2, 0.25) is 0 Å². The summed E-state index contributed by atoms with van der Waals surface area (Å²) < 4.78 is 5.88. The summed E-state index contributed by atoms with van der Waals surface area (Å²) in [6, 6.07) is 18.6. The Kier molecular flexibility index (Phi) is 4.14. The molecule has 3 rings (SSSR count). The van der Waals surface area contributed by atoms with Crippen LogP contribution in [0.4, 0.5) is 0 Å². The lowest BCUT2D eigenvalue weighted by molar-refractivity contribution is 0.306. The van der Waals surface area contributed by atoms with E-state index < -0.39 is 0 Å². The van der Waals surface area contributed by atoms with E-state index in [4.69, 9.17) is 4.74 Å². The van der Waals surface area contributed by atoms with Gasteiger partial charge in [0.25, 0.3) is 0 Å². The second kappa shape index (κ2) is 6.40. The van der Waals surface area contributed by atoms with Crippen molar-refractivity contribution in [3.8, 4) is 5.75 Å². The minimum Gasteiger partial charge on any atom is -0.489 e. The third kappa shape index (κ3) is 3.28. The van der Waals surface area contributed by atoms with E-state index in [1.807, 2.05) is 24.3 Å². The molecule has 2 aromatic carbocycles. The molecule has 1 aliphatic rings. The van der Waals surface area contributed by atoms with Gasteiger partial charge in [0.1, 0.15) is 12.4 Å². The summed E-state index contributed by atoms with van der Waals surface area (Å²) >= 11 is 0. The molecule has 1 N–H and O–H groups in total. The second-order valence-electron chi connectivity index (χ2n) is 4.99. The van der Waals surface area contributed by atoms with Crippen molar-refractivity contribution in [3.05, 3.63) is 71.8 Å². The highest BCUT2D eigenvalue weighted by Crippen LogP contribution is 2.24. The first kappa shape index (κ1) is 12.9. The fraction of sp³-hybridized carbons (Fsp3) is 0.222. The number of rotatable bonds is 4. The number of nitrogens with one attached hydrogen (secondary N) is 1. The van der Waals surface area contributed by atoms with Crippen LogP contribution in [0.1, 0.15) is 17.5 Å². The van der Waals surface area contributed by atoms with Crippen molar-refractivity contribution < 1.29 is 4.74 Å². The van der Waals surface area contributed by atoms with Gasteiger partial charge < -0.3 is 10.1 Å². The van der Waals surface area contributed by atoms with Crippen LogP contribution in [-0.2, 0) is 6.61 Å². The van der Waals surface area contributed by atoms with E-state index in [1.54, 1.807) is 0 Å². The van der Waals surface area contributed by atoms with E-state index in [2.05, 4.69) is 41.7 Å². The zero-order valence-corrected chi connectivity index (χ0v) is 11.5. The minimum absolute atomic E-state index is 0.616. The molecule has 20 heavy (non-hydrogen) atoms. The Morgan fingerprint density at radius 1 is 1.00 bits per heavy atom. The Labute approximate surface area is 120 Å². The zero-order chi connectivity index (χ0) is 13.6. The SMILES string of the molecule is C1=C(c2cccc(OCc3ccccc3)c2)CCNC1. The normalized spacial score (nSPS) is 14.7. The van der Waals surface area contributed by atoms with Crippen LogP contribution in [0.2, 0.25) is 0 Å². The summed E-state index contributed by atoms with van der Waals surface area (Å²) in [5.74, 6) is 0.936. The van der Waals surface area contributed by atoms with Crippen molar-refractivity contribution in [3.63, 3.8) is 0 Å². The third-order valence-electron chi connectivity index (χ3n) is 3.52. The third-order valence-corrected chi connectivity index (χ3v) is 3.52. The van der Waals surface area contributed by atoms with Gasteiger partial charge in [-0.05, 0) is 41.8 Å². The molecule has 1 aliphatic heterocycles. The predicted octanol–water partition coefficient (Wildman–Crippen LogP) is 3.64. The summed E-state index contributed by atoms with van der Waals surface area (Å²) in [5, 5.41) is 3.34. The van der Waals surface area contributed by atoms with Crippen LogP contribution in [0.5, 0.6) is 5.75 Å². The first-order valence-corrected chi connectivity index (χ1v) is 7.09. The van der Waals surface area contributed by atoms with Crippen LogP contribution in [0.3, 0.4) is 0 Å². The lowest BCUT2D eigenvalue weighted by Crippen LogP contribution is -2.19. The van der Waals surface area contributed by atoms with Crippen LogP contribution in [0.15, 0.2) is 60.7 Å². The number of hydrogen-bond acceptors (Lipinski definition) is 2. The van der Waals surface area contributed by atoms with Gasteiger partial charge in [-0.2, -0.15) is 0 Å². The molecule has 0 radical (unpaired) electrons. The highest BCUT2D eigenvalue weighted by molar-refractivity contribution is 5.67. The molecule has 2 nitrogen and oxygen atoms in total. The van der Waals surface area contributed by atoms with Crippen LogP contribution >= 0.6 is 0 Å². The molecular weight excluding hydrogens is 246 g/mol. The van der Waals surface area contributed by atoms with Crippen molar-refractivity contribution >= 4 is 5.57 Å². The highest BCUT2D eigenvalue weighted by atomic mass is 16.5. The molecule has 0 atom stereocenters. The van der Waals surface area contributed by atoms with Crippen molar-refractivity contribution in [1.29, 1.82) is 0 Å². The lowest BCUT2D eigenvalue weighted by atomic mass is 10.0. The molecule has 102 valence electrons. The standard InChI is InChI=1S/C18H19NO/c1-2-5-15(6-3-1)14-20-18-8-4-7-17(13-18)16-9-11-19-12-10-16/h1-9,13,19H,10-12,14H2. The fourth-order valence-electron chi connectivity index (χ4n) is 2.41. The Morgan fingerprint density at radius 3 is 2.70 bits per heavy atom. The summed E-state index contributed by atoms with van der Waals surface area (Å²) in [7, 11) is 0. The number of ether oxygens (including phenoxy) is 1. The maximum absolute atomic E-state index is 5.88. The molecular formula is C18H19NO. The molecule has 0 spiro atoms. The molecule has 0 saturated heterocycles. The monoisotopic (exact) mass is 265 g/mol. The van der Waals surface area contributed by atoms with Gasteiger partial charge in [-0.15, -0.1) is 0 Å². The van der Waals surface area contributed by atoms with Crippen LogP contribution < -0.4 is 10.1 Å². The average Bonchev–Trinajstić information content (AvgIpc) is 2.55. The molecule has 0 fully saturated rings. The number of benzene rings is 2. The first-order valence-electron chi connectivity index (χ1n) is 7.09. The van der Waals surface area contributed by atoms with Crippen LogP contribution in [-0.4, -0.2) is 13.1 Å². The van der Waals surface area contributed by atoms with Gasteiger partial charge >= 0.3 is 0 Å². The number of hydrogen-bond donors (Lipinski definition) is 1. The summed E-state index contributed by atoms with van der Waals surface area (Å²) in [6.45, 7) is 2.64. The maximum atomic E-state index is 5.88. The quantitative estimate of drug-likeness (QED) is 0.911. The van der Waals surface area contributed by atoms with E-state index in [0.29, 0.717) is 6.61 Å². The molecule has 2 aromatic rings. The van der Waals surface area contributed by atoms with Crippen LogP contribution in [0, 0.1) is 0 Å². The van der Waals surface area contributed by atoms with Gasteiger partial charge in [0, 0.05) is 6.54 Å². The van der Waals surface area contributed by atoms with Gasteiger partial charge in [-0.25, -0.2) is 0 Å². The first-order chi connectivity index (χ1) is 9.92. The summed E-state index contributed by atoms with van der Waals surface area (Å²) in [4.78, 5) is 0. The molecule has 2 heteroatoms. The average molecular weight is 265 g/mol. The van der Waals surface area contributed by atoms with Crippen molar-refractivity contribution in [2.45, 2.75) is 13.0 Å². The van der Waals surface area contributed by atoms with E-state index in [0.717, 1.165) is 25.3 Å². The smallest absolute Gasteiger partial charge is 0.120 e. The fourth-order valence-corrected chi connectivity index (χ4v) is 2.41. The Balaban J connectivity index is 1.70. The van der Waals surface area contributed by atoms with Gasteiger partial charge in [0.05, 0.1) is 0 Å². The molecule has 0 bridgehead atoms. The largest absolute Gasteiger partial charge is 0.489 e. The van der Waals surface area contributed by atoms with E-state index in [-0.39, 0.29) is 0 Å². The van der Waals surface area contributed by atoms with Crippen LogP contribution in [0.25, 0.3) is 5.57 Å². The molecule has 0 saturated carbocycles. The molecule has 0 unspecified atom stereocenters. The Bertz CT molecular complexity index is 589. The van der Waals surface area contributed by atoms with Crippen molar-refractivity contribution in [2.75, 3.05) is 13.1 Å². The Morgan fingerprint density at radius 2 is 1.90 bits per heavy atom. The zero-order valence-electron chi connectivity index (χ0n) is 11.5. The molecule has 0 amide bonds. The van der Waals surface area contributed by atoms with Gasteiger partial charge in [-0.1, -0.05) is 48.5 Å². The molecule has 0 aliphatic carbocycles. The van der Waals surface area contributed by atoms with E-state index in [9.17, 15) is 0 Å². The Hall–Kier alpha value is -2.06. The van der Waals surface area contributed by atoms with Gasteiger partial charge in [-0.3, -0.25) is 0 Å². The predicted molar refractivity (Wildman–Crippen MR) is 82.7 cm³/mol. The van der Waals surface area contributed by atoms with E-state index in [1.165, 1.54) is 16.7 Å². The molecule has 1 heterocycles. The minimum atomic E-state index is 0.616.